The average molecular weight is 229 g/mol. The highest BCUT2D eigenvalue weighted by atomic mass is 16.6. The molecule has 1 amide bonds. The molecule has 16 heavy (non-hydrogen) atoms. The summed E-state index contributed by atoms with van der Waals surface area (Å²) in [4.78, 5) is 22.0. The molecule has 0 bridgehead atoms. The molecule has 0 aliphatic heterocycles. The van der Waals surface area contributed by atoms with Crippen LogP contribution in [0.3, 0.4) is 0 Å². The van der Waals surface area contributed by atoms with Crippen molar-refractivity contribution in [2.75, 3.05) is 13.2 Å². The molecule has 0 saturated heterocycles. The van der Waals surface area contributed by atoms with Crippen molar-refractivity contribution < 1.29 is 19.1 Å². The summed E-state index contributed by atoms with van der Waals surface area (Å²) >= 11 is 0. The smallest absolute Gasteiger partial charge is 0.407 e. The molecule has 1 N–H and O–H groups in total. The third kappa shape index (κ3) is 9.05. The third-order valence-electron chi connectivity index (χ3n) is 1.30. The van der Waals surface area contributed by atoms with Gasteiger partial charge in [0.25, 0.3) is 0 Å². The van der Waals surface area contributed by atoms with Crippen LogP contribution in [0.15, 0.2) is 12.2 Å². The molecule has 0 aliphatic rings. The summed E-state index contributed by atoms with van der Waals surface area (Å²) in [6.45, 7) is 7.63. The van der Waals surface area contributed by atoms with E-state index in [2.05, 4.69) is 10.1 Å². The van der Waals surface area contributed by atoms with E-state index in [0.717, 1.165) is 0 Å². The molecule has 0 aromatic rings. The summed E-state index contributed by atoms with van der Waals surface area (Å²) in [5.41, 5.74) is -0.519. The van der Waals surface area contributed by atoms with E-state index in [1.54, 1.807) is 27.7 Å². The van der Waals surface area contributed by atoms with Gasteiger partial charge in [-0.25, -0.2) is 9.59 Å². The molecule has 0 rings (SSSR count). The molecule has 0 heterocycles. The SMILES string of the molecule is CCOC(=O)/C=C/CNC(=O)OC(C)(C)C. The molecular weight excluding hydrogens is 210 g/mol. The van der Waals surface area contributed by atoms with Crippen LogP contribution in [0.2, 0.25) is 0 Å². The van der Waals surface area contributed by atoms with E-state index < -0.39 is 17.7 Å². The van der Waals surface area contributed by atoms with Crippen LogP contribution in [0.4, 0.5) is 4.79 Å². The zero-order valence-electron chi connectivity index (χ0n) is 10.2. The Morgan fingerprint density at radius 2 is 1.94 bits per heavy atom. The van der Waals surface area contributed by atoms with Crippen molar-refractivity contribution in [3.63, 3.8) is 0 Å². The molecule has 0 fully saturated rings. The first-order valence-electron chi connectivity index (χ1n) is 5.15. The van der Waals surface area contributed by atoms with E-state index >= 15 is 0 Å². The van der Waals surface area contributed by atoms with E-state index in [1.807, 2.05) is 0 Å². The van der Waals surface area contributed by atoms with Gasteiger partial charge in [0.05, 0.1) is 6.61 Å². The lowest BCUT2D eigenvalue weighted by Gasteiger charge is -2.19. The van der Waals surface area contributed by atoms with Crippen LogP contribution in [0.1, 0.15) is 27.7 Å². The summed E-state index contributed by atoms with van der Waals surface area (Å²) in [6, 6.07) is 0. The highest BCUT2D eigenvalue weighted by molar-refractivity contribution is 5.82. The zero-order chi connectivity index (χ0) is 12.6. The molecule has 0 aliphatic carbocycles. The molecular formula is C11H19NO4. The Hall–Kier alpha value is -1.52. The summed E-state index contributed by atoms with van der Waals surface area (Å²) in [7, 11) is 0. The number of carbonyl (C=O) groups excluding carboxylic acids is 2. The first kappa shape index (κ1) is 14.5. The molecule has 0 atom stereocenters. The largest absolute Gasteiger partial charge is 0.463 e. The fourth-order valence-corrected chi connectivity index (χ4v) is 0.802. The van der Waals surface area contributed by atoms with Gasteiger partial charge < -0.3 is 14.8 Å². The maximum Gasteiger partial charge on any atom is 0.407 e. The summed E-state index contributed by atoms with van der Waals surface area (Å²) in [5.74, 6) is -0.423. The standard InChI is InChI=1S/C11H19NO4/c1-5-15-9(13)7-6-8-12-10(14)16-11(2,3)4/h6-7H,5,8H2,1-4H3,(H,12,14)/b7-6+. The second-order valence-electron chi connectivity index (χ2n) is 4.04. The minimum Gasteiger partial charge on any atom is -0.463 e. The van der Waals surface area contributed by atoms with Crippen molar-refractivity contribution in [2.45, 2.75) is 33.3 Å². The minimum atomic E-state index is -0.519. The monoisotopic (exact) mass is 229 g/mol. The van der Waals surface area contributed by atoms with Crippen LogP contribution >= 0.6 is 0 Å². The van der Waals surface area contributed by atoms with E-state index in [9.17, 15) is 9.59 Å². The van der Waals surface area contributed by atoms with Gasteiger partial charge in [-0.15, -0.1) is 0 Å². The van der Waals surface area contributed by atoms with Gasteiger partial charge in [0.1, 0.15) is 5.60 Å². The predicted octanol–water partition coefficient (Wildman–Crippen LogP) is 1.63. The molecule has 0 unspecified atom stereocenters. The number of amides is 1. The number of alkyl carbamates (subject to hydrolysis) is 1. The van der Waals surface area contributed by atoms with Gasteiger partial charge in [-0.05, 0) is 27.7 Å². The van der Waals surface area contributed by atoms with E-state index in [1.165, 1.54) is 12.2 Å². The normalized spacial score (nSPS) is 11.2. The number of carbonyl (C=O) groups is 2. The Morgan fingerprint density at radius 1 is 1.31 bits per heavy atom. The topological polar surface area (TPSA) is 64.6 Å². The number of rotatable bonds is 4. The first-order valence-corrected chi connectivity index (χ1v) is 5.15. The lowest BCUT2D eigenvalue weighted by Crippen LogP contribution is -2.32. The third-order valence-corrected chi connectivity index (χ3v) is 1.30. The molecule has 0 aromatic carbocycles. The van der Waals surface area contributed by atoms with Crippen LogP contribution in [-0.2, 0) is 14.3 Å². The van der Waals surface area contributed by atoms with Crippen molar-refractivity contribution in [1.82, 2.24) is 5.32 Å². The van der Waals surface area contributed by atoms with Crippen molar-refractivity contribution in [3.8, 4) is 0 Å². The molecule has 0 saturated carbocycles. The van der Waals surface area contributed by atoms with Crippen molar-refractivity contribution >= 4 is 12.1 Å². The van der Waals surface area contributed by atoms with E-state index in [4.69, 9.17) is 4.74 Å². The van der Waals surface area contributed by atoms with Gasteiger partial charge in [-0.1, -0.05) is 6.08 Å². The zero-order valence-corrected chi connectivity index (χ0v) is 10.2. The molecule has 0 spiro atoms. The number of ether oxygens (including phenoxy) is 2. The fourth-order valence-electron chi connectivity index (χ4n) is 0.802. The van der Waals surface area contributed by atoms with E-state index in [-0.39, 0.29) is 6.54 Å². The number of esters is 1. The van der Waals surface area contributed by atoms with Crippen LogP contribution in [-0.4, -0.2) is 30.8 Å². The predicted molar refractivity (Wildman–Crippen MR) is 60.0 cm³/mol. The average Bonchev–Trinajstić information content (AvgIpc) is 2.10. The van der Waals surface area contributed by atoms with E-state index in [0.29, 0.717) is 6.61 Å². The van der Waals surface area contributed by atoms with Crippen LogP contribution < -0.4 is 5.32 Å². The number of hydrogen-bond donors (Lipinski definition) is 1. The lowest BCUT2D eigenvalue weighted by atomic mass is 10.2. The molecule has 5 nitrogen and oxygen atoms in total. The van der Waals surface area contributed by atoms with Gasteiger partial charge >= 0.3 is 12.1 Å². The van der Waals surface area contributed by atoms with Crippen molar-refractivity contribution in [1.29, 1.82) is 0 Å². The summed E-state index contributed by atoms with van der Waals surface area (Å²) in [6.07, 6.45) is 2.25. The van der Waals surface area contributed by atoms with Crippen LogP contribution in [0, 0.1) is 0 Å². The second kappa shape index (κ2) is 6.87. The Balaban J connectivity index is 3.74. The van der Waals surface area contributed by atoms with Gasteiger partial charge in [0.2, 0.25) is 0 Å². The Bertz CT molecular complexity index is 266. The highest BCUT2D eigenvalue weighted by Gasteiger charge is 2.14. The van der Waals surface area contributed by atoms with Gasteiger partial charge in [-0.3, -0.25) is 0 Å². The molecule has 0 aromatic heterocycles. The number of hydrogen-bond acceptors (Lipinski definition) is 4. The number of nitrogens with one attached hydrogen (secondary N) is 1. The van der Waals surface area contributed by atoms with Crippen molar-refractivity contribution in [2.24, 2.45) is 0 Å². The lowest BCUT2D eigenvalue weighted by molar-refractivity contribution is -0.137. The van der Waals surface area contributed by atoms with Crippen LogP contribution in [0.5, 0.6) is 0 Å². The Kier molecular flexibility index (Phi) is 6.22. The minimum absolute atomic E-state index is 0.230. The fraction of sp³-hybridized carbons (Fsp3) is 0.636. The van der Waals surface area contributed by atoms with Gasteiger partial charge in [0.15, 0.2) is 0 Å². The quantitative estimate of drug-likeness (QED) is 0.588. The maximum absolute atomic E-state index is 11.1. The molecule has 5 heteroatoms. The second-order valence-corrected chi connectivity index (χ2v) is 4.04. The van der Waals surface area contributed by atoms with Gasteiger partial charge in [0, 0.05) is 12.6 Å². The summed E-state index contributed by atoms with van der Waals surface area (Å²) in [5, 5.41) is 2.48. The maximum atomic E-state index is 11.1. The highest BCUT2D eigenvalue weighted by Crippen LogP contribution is 2.05. The molecule has 92 valence electrons. The Labute approximate surface area is 95.8 Å². The first-order chi connectivity index (χ1) is 7.35. The summed E-state index contributed by atoms with van der Waals surface area (Å²) < 4.78 is 9.65. The van der Waals surface area contributed by atoms with Crippen LogP contribution in [0.25, 0.3) is 0 Å². The molecule has 0 radical (unpaired) electrons. The Morgan fingerprint density at radius 3 is 2.44 bits per heavy atom. The van der Waals surface area contributed by atoms with Crippen molar-refractivity contribution in [3.05, 3.63) is 12.2 Å². The van der Waals surface area contributed by atoms with Gasteiger partial charge in [-0.2, -0.15) is 0 Å².